The number of halogens is 1. The molecule has 3 nitrogen and oxygen atoms in total. The van der Waals surface area contributed by atoms with Crippen LogP contribution in [0, 0.1) is 0 Å². The van der Waals surface area contributed by atoms with E-state index in [1.165, 1.54) is 0 Å². The van der Waals surface area contributed by atoms with Gasteiger partial charge in [0.25, 0.3) is 0 Å². The first kappa shape index (κ1) is 14.0. The van der Waals surface area contributed by atoms with Crippen LogP contribution < -0.4 is 39.9 Å². The largest absolute Gasteiger partial charge is 1.00 e. The number of quaternary nitrogens is 1. The summed E-state index contributed by atoms with van der Waals surface area (Å²) in [5.41, 5.74) is 2.16. The highest BCUT2D eigenvalue weighted by Gasteiger charge is 2.14. The van der Waals surface area contributed by atoms with Gasteiger partial charge in [-0.3, -0.25) is 0 Å². The molecule has 0 radical (unpaired) electrons. The third kappa shape index (κ3) is 3.42. The smallest absolute Gasteiger partial charge is 0.108 e. The van der Waals surface area contributed by atoms with Crippen molar-refractivity contribution in [3.63, 3.8) is 0 Å². The van der Waals surface area contributed by atoms with Gasteiger partial charge in [-0.25, -0.2) is 0 Å². The Morgan fingerprint density at radius 2 is 1.18 bits per heavy atom. The molecule has 0 fully saturated rings. The van der Waals surface area contributed by atoms with E-state index in [1.807, 2.05) is 72.7 Å². The third-order valence-electron chi connectivity index (χ3n) is 2.38. The van der Waals surface area contributed by atoms with Crippen molar-refractivity contribution < 1.29 is 29.1 Å². The standard InChI is InChI=1S/C13H15N3.HI/c1-15(14)16(12-8-4-2-5-9-12)13-10-6-3-7-11-13;/h2-11H,14H2,1H3;1H. The highest BCUT2D eigenvalue weighted by molar-refractivity contribution is 5.59. The van der Waals surface area contributed by atoms with Gasteiger partial charge in [0.1, 0.15) is 7.05 Å². The SMILES string of the molecule is C[NH+](N)N(c1ccccc1)c1ccccc1.[I-]. The minimum absolute atomic E-state index is 0. The number of nitrogens with one attached hydrogen (secondary N) is 1. The molecule has 2 aromatic rings. The van der Waals surface area contributed by atoms with E-state index in [9.17, 15) is 0 Å². The van der Waals surface area contributed by atoms with E-state index < -0.39 is 0 Å². The highest BCUT2D eigenvalue weighted by atomic mass is 127. The Bertz CT molecular complexity index is 391. The molecule has 0 aliphatic rings. The average molecular weight is 341 g/mol. The van der Waals surface area contributed by atoms with Crippen molar-refractivity contribution in [1.82, 2.24) is 0 Å². The number of rotatable bonds is 3. The van der Waals surface area contributed by atoms with Gasteiger partial charge in [-0.2, -0.15) is 16.0 Å². The lowest BCUT2D eigenvalue weighted by Gasteiger charge is -2.25. The number of nitrogens with zero attached hydrogens (tertiary/aromatic N) is 1. The number of benzene rings is 2. The van der Waals surface area contributed by atoms with Crippen molar-refractivity contribution in [2.75, 3.05) is 12.1 Å². The van der Waals surface area contributed by atoms with Crippen molar-refractivity contribution in [3.8, 4) is 0 Å². The van der Waals surface area contributed by atoms with Crippen molar-refractivity contribution >= 4 is 11.4 Å². The van der Waals surface area contributed by atoms with Crippen LogP contribution in [0.1, 0.15) is 0 Å². The maximum absolute atomic E-state index is 5.94. The normalized spacial score (nSPS) is 11.4. The van der Waals surface area contributed by atoms with E-state index in [-0.39, 0.29) is 24.0 Å². The fourth-order valence-corrected chi connectivity index (χ4v) is 1.71. The van der Waals surface area contributed by atoms with Gasteiger partial charge < -0.3 is 24.0 Å². The van der Waals surface area contributed by atoms with Gasteiger partial charge >= 0.3 is 0 Å². The van der Waals surface area contributed by atoms with Crippen LogP contribution in [-0.4, -0.2) is 7.05 Å². The Morgan fingerprint density at radius 1 is 0.824 bits per heavy atom. The first-order valence-corrected chi connectivity index (χ1v) is 5.28. The van der Waals surface area contributed by atoms with E-state index >= 15 is 0 Å². The first-order valence-electron chi connectivity index (χ1n) is 5.28. The van der Waals surface area contributed by atoms with Gasteiger partial charge in [-0.05, 0) is 24.3 Å². The second kappa shape index (κ2) is 6.58. The molecule has 4 heteroatoms. The van der Waals surface area contributed by atoms with Gasteiger partial charge in [-0.15, -0.1) is 0 Å². The molecule has 0 heterocycles. The maximum Gasteiger partial charge on any atom is 0.108 e. The highest BCUT2D eigenvalue weighted by Crippen LogP contribution is 2.19. The molecule has 1 atom stereocenters. The number of anilines is 2. The summed E-state index contributed by atoms with van der Waals surface area (Å²) in [6.45, 7) is 0. The summed E-state index contributed by atoms with van der Waals surface area (Å²) in [5, 5.41) is 2.79. The van der Waals surface area contributed by atoms with Crippen LogP contribution in [-0.2, 0) is 0 Å². The fourth-order valence-electron chi connectivity index (χ4n) is 1.71. The Morgan fingerprint density at radius 3 is 1.47 bits per heavy atom. The number of nitrogens with two attached hydrogens (primary N) is 1. The minimum atomic E-state index is 0. The van der Waals surface area contributed by atoms with Gasteiger partial charge in [0, 0.05) is 0 Å². The van der Waals surface area contributed by atoms with Crippen molar-refractivity contribution in [3.05, 3.63) is 60.7 Å². The van der Waals surface area contributed by atoms with Gasteiger partial charge in [-0.1, -0.05) is 36.4 Å². The Hall–Kier alpha value is -1.11. The molecular formula is C13H16IN3. The second-order valence-corrected chi connectivity index (χ2v) is 3.65. The molecule has 0 amide bonds. The van der Waals surface area contributed by atoms with Crippen LogP contribution in [0.5, 0.6) is 0 Å². The summed E-state index contributed by atoms with van der Waals surface area (Å²) in [6.07, 6.45) is 0. The molecule has 90 valence electrons. The van der Waals surface area contributed by atoms with E-state index in [4.69, 9.17) is 5.84 Å². The lowest BCUT2D eigenvalue weighted by molar-refractivity contribution is -0.895. The zero-order valence-corrected chi connectivity index (χ0v) is 11.8. The fraction of sp³-hybridized carbons (Fsp3) is 0.0769. The summed E-state index contributed by atoms with van der Waals surface area (Å²) < 4.78 is 0. The summed E-state index contributed by atoms with van der Waals surface area (Å²) in [7, 11) is 1.90. The third-order valence-corrected chi connectivity index (χ3v) is 2.38. The predicted molar refractivity (Wildman–Crippen MR) is 66.1 cm³/mol. The molecule has 0 saturated carbocycles. The Kier molecular flexibility index (Phi) is 5.40. The average Bonchev–Trinajstić information content (AvgIpc) is 2.31. The van der Waals surface area contributed by atoms with Crippen LogP contribution in [0.25, 0.3) is 0 Å². The molecule has 2 rings (SSSR count). The van der Waals surface area contributed by atoms with Gasteiger partial charge in [0.05, 0.1) is 11.4 Å². The van der Waals surface area contributed by atoms with Crippen molar-refractivity contribution in [2.24, 2.45) is 5.84 Å². The lowest BCUT2D eigenvalue weighted by atomic mass is 10.2. The topological polar surface area (TPSA) is 33.7 Å². The summed E-state index contributed by atoms with van der Waals surface area (Å²) in [6, 6.07) is 20.2. The van der Waals surface area contributed by atoms with E-state index in [0.717, 1.165) is 16.5 Å². The van der Waals surface area contributed by atoms with E-state index in [2.05, 4.69) is 0 Å². The van der Waals surface area contributed by atoms with Gasteiger partial charge in [0.15, 0.2) is 0 Å². The Balaban J connectivity index is 0.00000144. The van der Waals surface area contributed by atoms with Crippen LogP contribution >= 0.6 is 0 Å². The number of hydrogen-bond donors (Lipinski definition) is 2. The molecule has 2 aromatic carbocycles. The molecule has 0 aliphatic carbocycles. The minimum Gasteiger partial charge on any atom is -1.00 e. The zero-order valence-electron chi connectivity index (χ0n) is 9.68. The van der Waals surface area contributed by atoms with E-state index in [0.29, 0.717) is 0 Å². The van der Waals surface area contributed by atoms with Crippen LogP contribution in [0.2, 0.25) is 0 Å². The monoisotopic (exact) mass is 341 g/mol. The molecule has 0 saturated heterocycles. The lowest BCUT2D eigenvalue weighted by Crippen LogP contribution is -3.21. The molecule has 0 aromatic heterocycles. The zero-order chi connectivity index (χ0) is 11.4. The molecule has 17 heavy (non-hydrogen) atoms. The van der Waals surface area contributed by atoms with Crippen LogP contribution in [0.15, 0.2) is 60.7 Å². The predicted octanol–water partition coefficient (Wildman–Crippen LogP) is -1.87. The first-order chi connectivity index (χ1) is 7.79. The summed E-state index contributed by atoms with van der Waals surface area (Å²) >= 11 is 0. The van der Waals surface area contributed by atoms with Crippen molar-refractivity contribution in [2.45, 2.75) is 0 Å². The summed E-state index contributed by atoms with van der Waals surface area (Å²) in [4.78, 5) is 0. The molecule has 1 unspecified atom stereocenters. The number of hydrogen-bond acceptors (Lipinski definition) is 2. The summed E-state index contributed by atoms with van der Waals surface area (Å²) in [5.74, 6) is 5.94. The molecule has 0 spiro atoms. The second-order valence-electron chi connectivity index (χ2n) is 3.65. The maximum atomic E-state index is 5.94. The van der Waals surface area contributed by atoms with Crippen LogP contribution in [0.3, 0.4) is 0 Å². The Labute approximate surface area is 119 Å². The molecule has 0 aliphatic heterocycles. The van der Waals surface area contributed by atoms with Gasteiger partial charge in [0.2, 0.25) is 0 Å². The van der Waals surface area contributed by atoms with E-state index in [1.54, 1.807) is 0 Å². The molecule has 3 N–H and O–H groups in total. The molecule has 0 bridgehead atoms. The molecular weight excluding hydrogens is 325 g/mol. The number of para-hydroxylation sites is 2. The van der Waals surface area contributed by atoms with Crippen molar-refractivity contribution in [1.29, 1.82) is 0 Å². The quantitative estimate of drug-likeness (QED) is 0.390. The van der Waals surface area contributed by atoms with Crippen LogP contribution in [0.4, 0.5) is 11.4 Å².